The van der Waals surface area contributed by atoms with Gasteiger partial charge < -0.3 is 15.8 Å². The van der Waals surface area contributed by atoms with Crippen molar-refractivity contribution in [3.05, 3.63) is 54.1 Å². The number of para-hydroxylation sites is 2. The normalized spacial score (nSPS) is 10.8. The van der Waals surface area contributed by atoms with Gasteiger partial charge in [0.15, 0.2) is 0 Å². The Hall–Kier alpha value is -2.40. The number of aromatic amines is 1. The van der Waals surface area contributed by atoms with Crippen molar-refractivity contribution in [2.24, 2.45) is 0 Å². The molecule has 0 radical (unpaired) electrons. The molecule has 0 atom stereocenters. The SMILES string of the molecule is Nc1c(Sc2cc3ccccc3[nH]2)cccc1C(=O)O. The van der Waals surface area contributed by atoms with E-state index in [0.717, 1.165) is 20.8 Å². The Bertz CT molecular complexity index is 762. The molecule has 0 saturated carbocycles. The lowest BCUT2D eigenvalue weighted by molar-refractivity contribution is 0.0698. The first-order valence-corrected chi connectivity index (χ1v) is 6.84. The molecule has 3 rings (SSSR count). The van der Waals surface area contributed by atoms with Gasteiger partial charge in [-0.25, -0.2) is 4.79 Å². The van der Waals surface area contributed by atoms with E-state index >= 15 is 0 Å². The monoisotopic (exact) mass is 284 g/mol. The summed E-state index contributed by atoms with van der Waals surface area (Å²) in [5.41, 5.74) is 7.38. The number of benzene rings is 2. The van der Waals surface area contributed by atoms with Gasteiger partial charge in [-0.1, -0.05) is 36.0 Å². The summed E-state index contributed by atoms with van der Waals surface area (Å²) < 4.78 is 0. The third-order valence-corrected chi connectivity index (χ3v) is 4.04. The molecule has 5 heteroatoms. The molecular formula is C15H12N2O2S. The quantitative estimate of drug-likeness (QED) is 0.642. The largest absolute Gasteiger partial charge is 0.478 e. The second kappa shape index (κ2) is 4.94. The highest BCUT2D eigenvalue weighted by Gasteiger charge is 2.12. The van der Waals surface area contributed by atoms with Gasteiger partial charge in [-0.2, -0.15) is 0 Å². The van der Waals surface area contributed by atoms with Crippen molar-refractivity contribution in [1.82, 2.24) is 4.98 Å². The number of aromatic carboxylic acids is 1. The van der Waals surface area contributed by atoms with Crippen molar-refractivity contribution in [2.75, 3.05) is 5.73 Å². The average molecular weight is 284 g/mol. The minimum atomic E-state index is -1.01. The summed E-state index contributed by atoms with van der Waals surface area (Å²) in [6.45, 7) is 0. The van der Waals surface area contributed by atoms with E-state index in [0.29, 0.717) is 5.69 Å². The summed E-state index contributed by atoms with van der Waals surface area (Å²) in [6, 6.07) is 15.0. The number of carbonyl (C=O) groups is 1. The maximum atomic E-state index is 11.1. The molecule has 0 aliphatic heterocycles. The summed E-state index contributed by atoms with van der Waals surface area (Å²) in [5.74, 6) is -1.01. The molecule has 0 unspecified atom stereocenters. The molecule has 1 aromatic heterocycles. The van der Waals surface area contributed by atoms with Crippen LogP contribution in [0.1, 0.15) is 10.4 Å². The minimum absolute atomic E-state index is 0.131. The van der Waals surface area contributed by atoms with Crippen LogP contribution in [-0.2, 0) is 0 Å². The Morgan fingerprint density at radius 2 is 1.95 bits per heavy atom. The van der Waals surface area contributed by atoms with Gasteiger partial charge in [-0.3, -0.25) is 0 Å². The molecule has 2 aromatic carbocycles. The molecule has 0 fully saturated rings. The number of carboxylic acid groups (broad SMARTS) is 1. The molecule has 0 aliphatic carbocycles. The Labute approximate surface area is 119 Å². The van der Waals surface area contributed by atoms with E-state index in [1.165, 1.54) is 17.8 Å². The van der Waals surface area contributed by atoms with Crippen LogP contribution >= 0.6 is 11.8 Å². The van der Waals surface area contributed by atoms with Crippen molar-refractivity contribution in [1.29, 1.82) is 0 Å². The minimum Gasteiger partial charge on any atom is -0.478 e. The highest BCUT2D eigenvalue weighted by atomic mass is 32.2. The number of nitrogens with one attached hydrogen (secondary N) is 1. The number of carboxylic acids is 1. The number of hydrogen-bond donors (Lipinski definition) is 3. The fraction of sp³-hybridized carbons (Fsp3) is 0. The number of nitrogen functional groups attached to an aromatic ring is 1. The number of hydrogen-bond acceptors (Lipinski definition) is 3. The van der Waals surface area contributed by atoms with Gasteiger partial charge in [0.05, 0.1) is 16.3 Å². The topological polar surface area (TPSA) is 79.1 Å². The van der Waals surface area contributed by atoms with Crippen molar-refractivity contribution in [2.45, 2.75) is 9.92 Å². The summed E-state index contributed by atoms with van der Waals surface area (Å²) >= 11 is 1.43. The van der Waals surface area contributed by atoms with Gasteiger partial charge in [0, 0.05) is 15.8 Å². The van der Waals surface area contributed by atoms with Gasteiger partial charge >= 0.3 is 5.97 Å². The molecule has 4 nitrogen and oxygen atoms in total. The molecule has 0 spiro atoms. The smallest absolute Gasteiger partial charge is 0.337 e. The first kappa shape index (κ1) is 12.6. The van der Waals surface area contributed by atoms with Gasteiger partial charge in [0.25, 0.3) is 0 Å². The molecule has 3 aromatic rings. The first-order chi connectivity index (χ1) is 9.65. The number of rotatable bonds is 3. The zero-order chi connectivity index (χ0) is 14.1. The van der Waals surface area contributed by atoms with E-state index in [1.807, 2.05) is 36.4 Å². The third kappa shape index (κ3) is 2.23. The maximum absolute atomic E-state index is 11.1. The fourth-order valence-corrected chi connectivity index (χ4v) is 2.99. The molecule has 0 saturated heterocycles. The predicted molar refractivity (Wildman–Crippen MR) is 80.2 cm³/mol. The summed E-state index contributed by atoms with van der Waals surface area (Å²) in [7, 11) is 0. The lowest BCUT2D eigenvalue weighted by atomic mass is 10.2. The van der Waals surface area contributed by atoms with E-state index in [2.05, 4.69) is 4.98 Å². The van der Waals surface area contributed by atoms with Crippen LogP contribution in [0.5, 0.6) is 0 Å². The molecule has 4 N–H and O–H groups in total. The molecule has 0 bridgehead atoms. The molecule has 20 heavy (non-hydrogen) atoms. The van der Waals surface area contributed by atoms with E-state index < -0.39 is 5.97 Å². The number of aromatic nitrogens is 1. The Morgan fingerprint density at radius 1 is 1.15 bits per heavy atom. The summed E-state index contributed by atoms with van der Waals surface area (Å²) in [5, 5.41) is 11.1. The standard InChI is InChI=1S/C15H12N2O2S/c16-14-10(15(18)19)5-3-7-12(14)20-13-8-9-4-1-2-6-11(9)17-13/h1-8,17H,16H2,(H,18,19). The van der Waals surface area contributed by atoms with Crippen LogP contribution in [0, 0.1) is 0 Å². The lowest BCUT2D eigenvalue weighted by Crippen LogP contribution is -2.03. The van der Waals surface area contributed by atoms with Crippen molar-refractivity contribution < 1.29 is 9.90 Å². The summed E-state index contributed by atoms with van der Waals surface area (Å²) in [4.78, 5) is 15.1. The van der Waals surface area contributed by atoms with Crippen LogP contribution in [-0.4, -0.2) is 16.1 Å². The number of fused-ring (bicyclic) bond motifs is 1. The van der Waals surface area contributed by atoms with Crippen LogP contribution in [0.3, 0.4) is 0 Å². The van der Waals surface area contributed by atoms with Crippen LogP contribution < -0.4 is 5.73 Å². The molecule has 100 valence electrons. The zero-order valence-corrected chi connectivity index (χ0v) is 11.3. The maximum Gasteiger partial charge on any atom is 0.337 e. The Kier molecular flexibility index (Phi) is 3.12. The molecular weight excluding hydrogens is 272 g/mol. The van der Waals surface area contributed by atoms with Crippen LogP contribution in [0.2, 0.25) is 0 Å². The lowest BCUT2D eigenvalue weighted by Gasteiger charge is -2.06. The second-order valence-electron chi connectivity index (χ2n) is 4.35. The van der Waals surface area contributed by atoms with E-state index in [4.69, 9.17) is 10.8 Å². The average Bonchev–Trinajstić information content (AvgIpc) is 2.83. The van der Waals surface area contributed by atoms with Crippen molar-refractivity contribution in [3.63, 3.8) is 0 Å². The molecule has 0 amide bonds. The van der Waals surface area contributed by atoms with E-state index in [1.54, 1.807) is 6.07 Å². The van der Waals surface area contributed by atoms with Crippen LogP contribution in [0.25, 0.3) is 10.9 Å². The zero-order valence-electron chi connectivity index (χ0n) is 10.5. The Balaban J connectivity index is 1.98. The predicted octanol–water partition coefficient (Wildman–Crippen LogP) is 3.60. The Morgan fingerprint density at radius 3 is 2.70 bits per heavy atom. The van der Waals surface area contributed by atoms with Crippen LogP contribution in [0.15, 0.2) is 58.5 Å². The van der Waals surface area contributed by atoms with Crippen LogP contribution in [0.4, 0.5) is 5.69 Å². The fourth-order valence-electron chi connectivity index (χ4n) is 2.04. The molecule has 1 heterocycles. The van der Waals surface area contributed by atoms with Gasteiger partial charge in [0.2, 0.25) is 0 Å². The number of H-pyrrole nitrogens is 1. The summed E-state index contributed by atoms with van der Waals surface area (Å²) in [6.07, 6.45) is 0. The van der Waals surface area contributed by atoms with Gasteiger partial charge in [0.1, 0.15) is 0 Å². The molecule has 0 aliphatic rings. The van der Waals surface area contributed by atoms with Gasteiger partial charge in [-0.15, -0.1) is 0 Å². The number of nitrogens with two attached hydrogens (primary N) is 1. The highest BCUT2D eigenvalue weighted by molar-refractivity contribution is 7.99. The van der Waals surface area contributed by atoms with E-state index in [-0.39, 0.29) is 5.56 Å². The highest BCUT2D eigenvalue weighted by Crippen LogP contribution is 2.34. The third-order valence-electron chi connectivity index (χ3n) is 3.02. The van der Waals surface area contributed by atoms with E-state index in [9.17, 15) is 4.79 Å². The first-order valence-electron chi connectivity index (χ1n) is 6.02. The van der Waals surface area contributed by atoms with Crippen molar-refractivity contribution >= 4 is 34.3 Å². The number of anilines is 1. The van der Waals surface area contributed by atoms with Crippen molar-refractivity contribution in [3.8, 4) is 0 Å². The van der Waals surface area contributed by atoms with Gasteiger partial charge in [-0.05, 0) is 24.3 Å². The second-order valence-corrected chi connectivity index (χ2v) is 5.43.